The molecule has 25 heavy (non-hydrogen) atoms. The van der Waals surface area contributed by atoms with E-state index in [1.807, 2.05) is 68.4 Å². The molecular formula is C21H18N2O2. The minimum atomic E-state index is -0.500. The number of esters is 1. The summed E-state index contributed by atoms with van der Waals surface area (Å²) in [6.07, 6.45) is 1.14. The fourth-order valence-electron chi connectivity index (χ4n) is 2.57. The lowest BCUT2D eigenvalue weighted by Gasteiger charge is -2.11. The number of ether oxygens (including phenoxy) is 1. The lowest BCUT2D eigenvalue weighted by molar-refractivity contribution is -0.128. The van der Waals surface area contributed by atoms with Crippen LogP contribution in [-0.4, -0.2) is 5.97 Å². The molecule has 0 radical (unpaired) electrons. The first-order valence-electron chi connectivity index (χ1n) is 7.94. The van der Waals surface area contributed by atoms with E-state index in [4.69, 9.17) is 4.74 Å². The van der Waals surface area contributed by atoms with Gasteiger partial charge in [0.15, 0.2) is 0 Å². The topological polar surface area (TPSA) is 51.0 Å². The first kappa shape index (κ1) is 16.6. The fraction of sp³-hybridized carbons (Fsp3) is 0.0952. The largest absolute Gasteiger partial charge is 0.423 e. The Morgan fingerprint density at radius 1 is 1.04 bits per heavy atom. The van der Waals surface area contributed by atoms with Gasteiger partial charge in [-0.15, -0.1) is 5.11 Å². The Morgan fingerprint density at radius 3 is 2.52 bits per heavy atom. The molecule has 0 unspecified atom stereocenters. The van der Waals surface area contributed by atoms with E-state index in [-0.39, 0.29) is 0 Å². The molecule has 4 heteroatoms. The SMILES string of the molecule is C=CC(=O)Oc1cc2ccccc2c(N=Nc2ccccc2C)c1C. The zero-order valence-electron chi connectivity index (χ0n) is 14.2. The van der Waals surface area contributed by atoms with Gasteiger partial charge in [-0.25, -0.2) is 4.79 Å². The van der Waals surface area contributed by atoms with Crippen molar-refractivity contribution in [1.29, 1.82) is 0 Å². The lowest BCUT2D eigenvalue weighted by atomic mass is 10.0. The van der Waals surface area contributed by atoms with Crippen molar-refractivity contribution < 1.29 is 9.53 Å². The number of aryl methyl sites for hydroxylation is 1. The second-order valence-corrected chi connectivity index (χ2v) is 5.68. The lowest BCUT2D eigenvalue weighted by Crippen LogP contribution is -2.04. The number of rotatable bonds is 4. The van der Waals surface area contributed by atoms with Crippen molar-refractivity contribution in [1.82, 2.24) is 0 Å². The van der Waals surface area contributed by atoms with E-state index in [2.05, 4.69) is 16.8 Å². The van der Waals surface area contributed by atoms with E-state index < -0.39 is 5.97 Å². The van der Waals surface area contributed by atoms with E-state index in [0.29, 0.717) is 11.4 Å². The second kappa shape index (κ2) is 7.09. The number of nitrogens with zero attached hydrogens (tertiary/aromatic N) is 2. The summed E-state index contributed by atoms with van der Waals surface area (Å²) in [5.41, 5.74) is 3.29. The van der Waals surface area contributed by atoms with Gasteiger partial charge in [-0.3, -0.25) is 0 Å². The number of benzene rings is 3. The third kappa shape index (κ3) is 3.48. The molecule has 0 aromatic heterocycles. The molecule has 0 fully saturated rings. The third-order valence-electron chi connectivity index (χ3n) is 3.98. The highest BCUT2D eigenvalue weighted by Crippen LogP contribution is 2.37. The van der Waals surface area contributed by atoms with Crippen molar-refractivity contribution in [3.05, 3.63) is 78.4 Å². The number of fused-ring (bicyclic) bond motifs is 1. The maximum absolute atomic E-state index is 11.6. The van der Waals surface area contributed by atoms with E-state index in [9.17, 15) is 4.79 Å². The van der Waals surface area contributed by atoms with Crippen molar-refractivity contribution in [2.75, 3.05) is 0 Å². The molecule has 3 rings (SSSR count). The summed E-state index contributed by atoms with van der Waals surface area (Å²) >= 11 is 0. The Bertz CT molecular complexity index is 990. The van der Waals surface area contributed by atoms with Crippen LogP contribution >= 0.6 is 0 Å². The van der Waals surface area contributed by atoms with Gasteiger partial charge < -0.3 is 4.74 Å². The molecule has 0 aliphatic rings. The van der Waals surface area contributed by atoms with Gasteiger partial charge in [0.05, 0.1) is 5.69 Å². The molecule has 0 atom stereocenters. The van der Waals surface area contributed by atoms with Crippen molar-refractivity contribution in [3.8, 4) is 5.75 Å². The molecular weight excluding hydrogens is 312 g/mol. The van der Waals surface area contributed by atoms with Crippen molar-refractivity contribution in [2.45, 2.75) is 13.8 Å². The van der Waals surface area contributed by atoms with Crippen molar-refractivity contribution >= 4 is 28.1 Å². The first-order chi connectivity index (χ1) is 12.1. The van der Waals surface area contributed by atoms with Gasteiger partial charge in [-0.2, -0.15) is 5.11 Å². The third-order valence-corrected chi connectivity index (χ3v) is 3.98. The van der Waals surface area contributed by atoms with E-state index in [1.54, 1.807) is 0 Å². The Labute approximate surface area is 146 Å². The molecule has 0 heterocycles. The van der Waals surface area contributed by atoms with Gasteiger partial charge in [-0.1, -0.05) is 49.0 Å². The number of azo groups is 1. The smallest absolute Gasteiger partial charge is 0.335 e. The predicted octanol–water partition coefficient (Wildman–Crippen LogP) is 5.96. The molecule has 3 aromatic rings. The normalized spacial score (nSPS) is 11.0. The molecule has 3 aromatic carbocycles. The van der Waals surface area contributed by atoms with E-state index in [0.717, 1.165) is 33.7 Å². The van der Waals surface area contributed by atoms with Crippen LogP contribution in [0.3, 0.4) is 0 Å². The van der Waals surface area contributed by atoms with Crippen LogP contribution in [0.5, 0.6) is 5.75 Å². The molecule has 4 nitrogen and oxygen atoms in total. The Balaban J connectivity index is 2.15. The van der Waals surface area contributed by atoms with Crippen molar-refractivity contribution in [2.24, 2.45) is 10.2 Å². The minimum absolute atomic E-state index is 0.460. The first-order valence-corrected chi connectivity index (χ1v) is 7.94. The standard InChI is InChI=1S/C21H18N2O2/c1-4-20(24)25-19-13-16-10-6-7-11-17(16)21(15(19)3)23-22-18-12-8-5-9-14(18)2/h4-13H,1H2,2-3H3. The zero-order chi connectivity index (χ0) is 17.8. The summed E-state index contributed by atoms with van der Waals surface area (Å²) in [6, 6.07) is 17.4. The highest BCUT2D eigenvalue weighted by molar-refractivity contribution is 5.96. The fourth-order valence-corrected chi connectivity index (χ4v) is 2.57. The molecule has 0 aliphatic heterocycles. The average Bonchev–Trinajstić information content (AvgIpc) is 2.63. The molecule has 124 valence electrons. The van der Waals surface area contributed by atoms with Crippen LogP contribution in [0.25, 0.3) is 10.8 Å². The molecule has 0 N–H and O–H groups in total. The van der Waals surface area contributed by atoms with Crippen LogP contribution < -0.4 is 4.74 Å². The Hall–Kier alpha value is -3.27. The number of hydrogen-bond donors (Lipinski definition) is 0. The number of hydrogen-bond acceptors (Lipinski definition) is 4. The molecule has 0 aliphatic carbocycles. The molecule has 0 saturated heterocycles. The van der Waals surface area contributed by atoms with Crippen LogP contribution in [0.4, 0.5) is 11.4 Å². The average molecular weight is 330 g/mol. The van der Waals surface area contributed by atoms with Gasteiger partial charge >= 0.3 is 5.97 Å². The summed E-state index contributed by atoms with van der Waals surface area (Å²) in [5, 5.41) is 10.7. The van der Waals surface area contributed by atoms with Crippen molar-refractivity contribution in [3.63, 3.8) is 0 Å². The molecule has 0 amide bonds. The zero-order valence-corrected chi connectivity index (χ0v) is 14.2. The Kier molecular flexibility index (Phi) is 4.70. The summed E-state index contributed by atoms with van der Waals surface area (Å²) in [7, 11) is 0. The summed E-state index contributed by atoms with van der Waals surface area (Å²) in [4.78, 5) is 11.6. The summed E-state index contributed by atoms with van der Waals surface area (Å²) in [6.45, 7) is 7.29. The van der Waals surface area contributed by atoms with Gasteiger partial charge in [0.25, 0.3) is 0 Å². The van der Waals surface area contributed by atoms with Gasteiger partial charge in [0.2, 0.25) is 0 Å². The van der Waals surface area contributed by atoms with E-state index >= 15 is 0 Å². The van der Waals surface area contributed by atoms with Gasteiger partial charge in [-0.05, 0) is 36.9 Å². The number of carbonyl (C=O) groups is 1. The highest BCUT2D eigenvalue weighted by atomic mass is 16.5. The maximum atomic E-state index is 11.6. The van der Waals surface area contributed by atoms with Crippen LogP contribution in [0, 0.1) is 13.8 Å². The van der Waals surface area contributed by atoms with Crippen LogP contribution in [0.15, 0.2) is 77.5 Å². The molecule has 0 bridgehead atoms. The van der Waals surface area contributed by atoms with Gasteiger partial charge in [0.1, 0.15) is 11.4 Å². The van der Waals surface area contributed by atoms with E-state index in [1.165, 1.54) is 0 Å². The van der Waals surface area contributed by atoms with Gasteiger partial charge in [0, 0.05) is 17.0 Å². The van der Waals surface area contributed by atoms with Crippen LogP contribution in [-0.2, 0) is 4.79 Å². The number of carbonyl (C=O) groups excluding carboxylic acids is 1. The van der Waals surface area contributed by atoms with Crippen LogP contribution in [0.2, 0.25) is 0 Å². The quantitative estimate of drug-likeness (QED) is 0.256. The molecule has 0 saturated carbocycles. The minimum Gasteiger partial charge on any atom is -0.423 e. The monoisotopic (exact) mass is 330 g/mol. The summed E-state index contributed by atoms with van der Waals surface area (Å²) in [5.74, 6) is -0.0393. The van der Waals surface area contributed by atoms with Crippen LogP contribution in [0.1, 0.15) is 11.1 Å². The Morgan fingerprint density at radius 2 is 1.76 bits per heavy atom. The highest BCUT2D eigenvalue weighted by Gasteiger charge is 2.13. The predicted molar refractivity (Wildman–Crippen MR) is 99.9 cm³/mol. The molecule has 0 spiro atoms. The summed E-state index contributed by atoms with van der Waals surface area (Å²) < 4.78 is 5.36. The second-order valence-electron chi connectivity index (χ2n) is 5.68. The maximum Gasteiger partial charge on any atom is 0.335 e.